The zero-order valence-electron chi connectivity index (χ0n) is 15.1. The molecule has 124 valence electrons. The largest absolute Gasteiger partial charge is 0.255 e. The smallest absolute Gasteiger partial charge is 0.0777 e. The van der Waals surface area contributed by atoms with Gasteiger partial charge in [-0.15, -0.1) is 6.58 Å². The SMILES string of the molecule is C=CC1(C(C)C)CC=C(c2cccc3cc(C(=C)C)cnc23)CC1. The van der Waals surface area contributed by atoms with E-state index < -0.39 is 0 Å². The predicted octanol–water partition coefficient (Wildman–Crippen LogP) is 6.66. The van der Waals surface area contributed by atoms with Gasteiger partial charge in [-0.3, -0.25) is 4.98 Å². The van der Waals surface area contributed by atoms with E-state index in [1.54, 1.807) is 0 Å². The first-order valence-electron chi connectivity index (χ1n) is 8.84. The van der Waals surface area contributed by atoms with E-state index in [0.29, 0.717) is 5.92 Å². The molecule has 1 atom stereocenters. The summed E-state index contributed by atoms with van der Waals surface area (Å²) in [7, 11) is 0. The molecule has 1 aliphatic carbocycles. The summed E-state index contributed by atoms with van der Waals surface area (Å²) in [5.74, 6) is 0.622. The van der Waals surface area contributed by atoms with Crippen LogP contribution in [0.2, 0.25) is 0 Å². The Morgan fingerprint density at radius 1 is 1.33 bits per heavy atom. The third kappa shape index (κ3) is 2.84. The van der Waals surface area contributed by atoms with Crippen molar-refractivity contribution < 1.29 is 0 Å². The first-order chi connectivity index (χ1) is 11.5. The molecule has 0 spiro atoms. The fourth-order valence-corrected chi connectivity index (χ4v) is 3.73. The summed E-state index contributed by atoms with van der Waals surface area (Å²) >= 11 is 0. The van der Waals surface area contributed by atoms with Gasteiger partial charge in [-0.2, -0.15) is 0 Å². The summed E-state index contributed by atoms with van der Waals surface area (Å²) in [5.41, 5.74) is 6.22. The van der Waals surface area contributed by atoms with Gasteiger partial charge in [-0.1, -0.05) is 50.8 Å². The third-order valence-corrected chi connectivity index (χ3v) is 5.69. The standard InChI is InChI=1S/C23H27N/c1-6-23(17(4)5)12-10-18(11-13-23)21-9-7-8-19-14-20(16(2)3)15-24-22(19)21/h6-10,14-15,17H,1-2,11-13H2,3-5H3. The number of fused-ring (bicyclic) bond motifs is 1. The maximum Gasteiger partial charge on any atom is 0.0777 e. The molecule has 0 fully saturated rings. The van der Waals surface area contributed by atoms with Crippen LogP contribution < -0.4 is 0 Å². The van der Waals surface area contributed by atoms with Crippen molar-refractivity contribution in [2.45, 2.75) is 40.0 Å². The highest BCUT2D eigenvalue weighted by molar-refractivity contribution is 5.92. The lowest BCUT2D eigenvalue weighted by Gasteiger charge is -2.37. The highest BCUT2D eigenvalue weighted by Crippen LogP contribution is 2.45. The quantitative estimate of drug-likeness (QED) is 0.574. The molecule has 2 aromatic rings. The van der Waals surface area contributed by atoms with Gasteiger partial charge in [-0.05, 0) is 60.3 Å². The van der Waals surface area contributed by atoms with E-state index >= 15 is 0 Å². The molecule has 1 heteroatoms. The van der Waals surface area contributed by atoms with Crippen LogP contribution in [0.5, 0.6) is 0 Å². The molecular weight excluding hydrogens is 290 g/mol. The Kier molecular flexibility index (Phi) is 4.45. The topological polar surface area (TPSA) is 12.9 Å². The lowest BCUT2D eigenvalue weighted by atomic mass is 9.67. The van der Waals surface area contributed by atoms with Crippen molar-refractivity contribution in [1.82, 2.24) is 4.98 Å². The van der Waals surface area contributed by atoms with Gasteiger partial charge in [-0.25, -0.2) is 0 Å². The number of pyridine rings is 1. The van der Waals surface area contributed by atoms with Crippen LogP contribution >= 0.6 is 0 Å². The zero-order valence-corrected chi connectivity index (χ0v) is 15.1. The Balaban J connectivity index is 2.02. The average molecular weight is 317 g/mol. The van der Waals surface area contributed by atoms with Gasteiger partial charge in [0.05, 0.1) is 5.52 Å². The van der Waals surface area contributed by atoms with Crippen molar-refractivity contribution in [1.29, 1.82) is 0 Å². The van der Waals surface area contributed by atoms with E-state index in [4.69, 9.17) is 4.98 Å². The van der Waals surface area contributed by atoms with E-state index in [0.717, 1.165) is 29.5 Å². The molecular formula is C23H27N. The van der Waals surface area contributed by atoms with E-state index in [1.165, 1.54) is 22.9 Å². The molecule has 24 heavy (non-hydrogen) atoms. The highest BCUT2D eigenvalue weighted by atomic mass is 14.7. The summed E-state index contributed by atoms with van der Waals surface area (Å²) in [4.78, 5) is 4.75. The number of allylic oxidation sites excluding steroid dienone is 4. The van der Waals surface area contributed by atoms with Crippen molar-refractivity contribution in [3.05, 3.63) is 66.9 Å². The van der Waals surface area contributed by atoms with E-state index in [1.807, 2.05) is 13.1 Å². The number of rotatable bonds is 4. The van der Waals surface area contributed by atoms with E-state index in [-0.39, 0.29) is 5.41 Å². The second kappa shape index (κ2) is 6.39. The maximum absolute atomic E-state index is 4.75. The number of aromatic nitrogens is 1. The molecule has 3 rings (SSSR count). The lowest BCUT2D eigenvalue weighted by molar-refractivity contribution is 0.244. The number of para-hydroxylation sites is 1. The van der Waals surface area contributed by atoms with Crippen LogP contribution in [0.4, 0.5) is 0 Å². The summed E-state index contributed by atoms with van der Waals surface area (Å²) in [6.45, 7) is 14.8. The van der Waals surface area contributed by atoms with E-state index in [9.17, 15) is 0 Å². The lowest BCUT2D eigenvalue weighted by Crippen LogP contribution is -2.26. The van der Waals surface area contributed by atoms with Crippen molar-refractivity contribution in [3.63, 3.8) is 0 Å². The summed E-state index contributed by atoms with van der Waals surface area (Å²) in [6, 6.07) is 8.68. The van der Waals surface area contributed by atoms with Gasteiger partial charge in [0.25, 0.3) is 0 Å². The minimum atomic E-state index is 0.245. The Hall–Kier alpha value is -2.15. The van der Waals surface area contributed by atoms with Gasteiger partial charge in [0.15, 0.2) is 0 Å². The van der Waals surface area contributed by atoms with Crippen LogP contribution in [0.25, 0.3) is 22.0 Å². The number of hydrogen-bond acceptors (Lipinski definition) is 1. The molecule has 1 nitrogen and oxygen atoms in total. The van der Waals surface area contributed by atoms with Crippen LogP contribution in [0.15, 0.2) is 55.8 Å². The van der Waals surface area contributed by atoms with Crippen LogP contribution in [-0.2, 0) is 0 Å². The fraction of sp³-hybridized carbons (Fsp3) is 0.348. The summed E-state index contributed by atoms with van der Waals surface area (Å²) < 4.78 is 0. The van der Waals surface area contributed by atoms with Crippen LogP contribution in [0.3, 0.4) is 0 Å². The molecule has 0 saturated heterocycles. The van der Waals surface area contributed by atoms with Gasteiger partial charge >= 0.3 is 0 Å². The maximum atomic E-state index is 4.75. The molecule has 0 saturated carbocycles. The molecule has 0 aliphatic heterocycles. The molecule has 1 unspecified atom stereocenters. The van der Waals surface area contributed by atoms with Gasteiger partial charge in [0.1, 0.15) is 0 Å². The first kappa shape index (κ1) is 16.7. The van der Waals surface area contributed by atoms with Crippen LogP contribution in [0.1, 0.15) is 51.2 Å². The fourth-order valence-electron chi connectivity index (χ4n) is 3.73. The third-order valence-electron chi connectivity index (χ3n) is 5.69. The van der Waals surface area contributed by atoms with Crippen LogP contribution in [0, 0.1) is 11.3 Å². The predicted molar refractivity (Wildman–Crippen MR) is 106 cm³/mol. The Bertz CT molecular complexity index is 825. The molecule has 1 aliphatic rings. The van der Waals surface area contributed by atoms with Crippen molar-refractivity contribution in [3.8, 4) is 0 Å². The van der Waals surface area contributed by atoms with Gasteiger partial charge in [0, 0.05) is 17.1 Å². The number of hydrogen-bond donors (Lipinski definition) is 0. The van der Waals surface area contributed by atoms with E-state index in [2.05, 4.69) is 63.4 Å². The molecule has 1 heterocycles. The zero-order chi connectivity index (χ0) is 17.3. The molecule has 0 amide bonds. The van der Waals surface area contributed by atoms with Crippen molar-refractivity contribution >= 4 is 22.0 Å². The first-order valence-corrected chi connectivity index (χ1v) is 8.84. The summed E-state index contributed by atoms with van der Waals surface area (Å²) in [6.07, 6.45) is 9.86. The normalized spacial score (nSPS) is 20.9. The highest BCUT2D eigenvalue weighted by Gasteiger charge is 2.32. The molecule has 0 N–H and O–H groups in total. The number of nitrogens with zero attached hydrogens (tertiary/aromatic N) is 1. The molecule has 1 aromatic heterocycles. The second-order valence-electron chi connectivity index (χ2n) is 7.41. The van der Waals surface area contributed by atoms with Crippen LogP contribution in [-0.4, -0.2) is 4.98 Å². The Morgan fingerprint density at radius 3 is 2.71 bits per heavy atom. The Morgan fingerprint density at radius 2 is 2.12 bits per heavy atom. The summed E-state index contributed by atoms with van der Waals surface area (Å²) in [5, 5.41) is 1.19. The van der Waals surface area contributed by atoms with Gasteiger partial charge in [0.2, 0.25) is 0 Å². The second-order valence-corrected chi connectivity index (χ2v) is 7.41. The molecule has 0 radical (unpaired) electrons. The number of benzene rings is 1. The Labute approximate surface area is 145 Å². The van der Waals surface area contributed by atoms with Crippen molar-refractivity contribution in [2.75, 3.05) is 0 Å². The molecule has 1 aromatic carbocycles. The molecule has 0 bridgehead atoms. The van der Waals surface area contributed by atoms with Crippen molar-refractivity contribution in [2.24, 2.45) is 11.3 Å². The minimum Gasteiger partial charge on any atom is -0.255 e. The minimum absolute atomic E-state index is 0.245. The monoisotopic (exact) mass is 317 g/mol. The van der Waals surface area contributed by atoms with Gasteiger partial charge < -0.3 is 0 Å². The average Bonchev–Trinajstić information content (AvgIpc) is 2.60.